The number of anilines is 1. The van der Waals surface area contributed by atoms with E-state index in [0.29, 0.717) is 12.1 Å². The van der Waals surface area contributed by atoms with Crippen molar-refractivity contribution in [2.75, 3.05) is 25.0 Å². The van der Waals surface area contributed by atoms with Crippen molar-refractivity contribution in [2.24, 2.45) is 4.99 Å². The molecule has 2 saturated heterocycles. The van der Waals surface area contributed by atoms with Crippen LogP contribution in [0.1, 0.15) is 11.1 Å². The molecule has 0 radical (unpaired) electrons. The van der Waals surface area contributed by atoms with Crippen molar-refractivity contribution < 1.29 is 14.0 Å². The van der Waals surface area contributed by atoms with Crippen LogP contribution < -0.4 is 4.90 Å². The van der Waals surface area contributed by atoms with Crippen molar-refractivity contribution in [2.45, 2.75) is 25.7 Å². The van der Waals surface area contributed by atoms with Gasteiger partial charge in [0.15, 0.2) is 12.2 Å². The van der Waals surface area contributed by atoms with Crippen molar-refractivity contribution in [3.8, 4) is 0 Å². The smallest absolute Gasteiger partial charge is 0.325 e. The number of hydrogen-bond donors (Lipinski definition) is 0. The highest BCUT2D eigenvalue weighted by atomic mass is 19.1. The molecule has 2 atom stereocenters. The van der Waals surface area contributed by atoms with E-state index in [-0.39, 0.29) is 18.3 Å². The van der Waals surface area contributed by atoms with E-state index in [0.717, 1.165) is 18.2 Å². The number of halogens is 1. The summed E-state index contributed by atoms with van der Waals surface area (Å²) in [4.78, 5) is 37.9. The molecule has 0 N–H and O–H groups in total. The number of aliphatic imine (C=N–C) groups is 1. The topological polar surface area (TPSA) is 59.5 Å². The number of benzene rings is 2. The lowest BCUT2D eigenvalue weighted by molar-refractivity contribution is -0.137. The van der Waals surface area contributed by atoms with Gasteiger partial charge in [-0.1, -0.05) is 29.8 Å². The van der Waals surface area contributed by atoms with Crippen LogP contribution in [0.3, 0.4) is 0 Å². The summed E-state index contributed by atoms with van der Waals surface area (Å²) in [6.07, 6.45) is -0.544. The van der Waals surface area contributed by atoms with Crippen LogP contribution in [0.25, 0.3) is 0 Å². The fourth-order valence-corrected chi connectivity index (χ4v) is 4.32. The third kappa shape index (κ3) is 2.82. The number of fused-ring (bicyclic) bond motifs is 3. The minimum absolute atomic E-state index is 0.107. The van der Waals surface area contributed by atoms with Crippen molar-refractivity contribution in [1.82, 2.24) is 14.7 Å². The Labute approximate surface area is 174 Å². The third-order valence-corrected chi connectivity index (χ3v) is 5.98. The largest absolute Gasteiger partial charge is 0.328 e. The minimum Gasteiger partial charge on any atom is -0.325 e. The summed E-state index contributed by atoms with van der Waals surface area (Å²) in [6, 6.07) is 13.1. The van der Waals surface area contributed by atoms with E-state index in [4.69, 9.17) is 4.99 Å². The first-order valence-electron chi connectivity index (χ1n) is 9.95. The number of urea groups is 1. The van der Waals surface area contributed by atoms with Gasteiger partial charge in [-0.3, -0.25) is 9.69 Å². The van der Waals surface area contributed by atoms with Gasteiger partial charge >= 0.3 is 6.03 Å². The van der Waals surface area contributed by atoms with E-state index in [9.17, 15) is 14.0 Å². The molecule has 8 heteroatoms. The number of guanidine groups is 1. The maximum atomic E-state index is 13.3. The first kappa shape index (κ1) is 18.6. The van der Waals surface area contributed by atoms with Crippen LogP contribution in [0.2, 0.25) is 0 Å². The molecule has 2 unspecified atom stereocenters. The Balaban J connectivity index is 1.43. The van der Waals surface area contributed by atoms with Gasteiger partial charge in [-0.05, 0) is 36.8 Å². The standard InChI is InChI=1S/C22H22FN5O2/c1-14-3-9-17(10-4-14)26-11-12-27-18-19(24-21(26)27)25(2)22(30)28(20(18)29)13-15-5-7-16(23)8-6-15/h3-10,18-19H,11-13H2,1-2H3. The van der Waals surface area contributed by atoms with E-state index in [1.54, 1.807) is 19.2 Å². The highest BCUT2D eigenvalue weighted by Gasteiger charge is 2.54. The van der Waals surface area contributed by atoms with Crippen molar-refractivity contribution in [1.29, 1.82) is 0 Å². The molecule has 7 nitrogen and oxygen atoms in total. The molecule has 30 heavy (non-hydrogen) atoms. The average Bonchev–Trinajstić information content (AvgIpc) is 3.31. The zero-order valence-electron chi connectivity index (χ0n) is 16.8. The average molecular weight is 407 g/mol. The Kier molecular flexibility index (Phi) is 4.23. The molecule has 3 heterocycles. The van der Waals surface area contributed by atoms with Gasteiger partial charge in [-0.2, -0.15) is 0 Å². The first-order chi connectivity index (χ1) is 14.4. The van der Waals surface area contributed by atoms with Crippen molar-refractivity contribution >= 4 is 23.6 Å². The van der Waals surface area contributed by atoms with E-state index in [1.165, 1.54) is 27.5 Å². The van der Waals surface area contributed by atoms with Gasteiger partial charge in [0.2, 0.25) is 5.96 Å². The highest BCUT2D eigenvalue weighted by Crippen LogP contribution is 2.33. The lowest BCUT2D eigenvalue weighted by Gasteiger charge is -2.40. The van der Waals surface area contributed by atoms with E-state index >= 15 is 0 Å². The predicted molar refractivity (Wildman–Crippen MR) is 110 cm³/mol. The van der Waals surface area contributed by atoms with Gasteiger partial charge in [0.25, 0.3) is 5.91 Å². The molecule has 0 aromatic heterocycles. The third-order valence-electron chi connectivity index (χ3n) is 5.98. The maximum absolute atomic E-state index is 13.3. The van der Waals surface area contributed by atoms with E-state index in [2.05, 4.69) is 4.90 Å². The Morgan fingerprint density at radius 3 is 2.43 bits per heavy atom. The number of amides is 3. The molecule has 2 aromatic carbocycles. The van der Waals surface area contributed by atoms with Gasteiger partial charge in [-0.15, -0.1) is 0 Å². The van der Waals surface area contributed by atoms with Crippen LogP contribution in [0, 0.1) is 12.7 Å². The normalized spacial score (nSPS) is 23.1. The summed E-state index contributed by atoms with van der Waals surface area (Å²) >= 11 is 0. The number of rotatable bonds is 3. The van der Waals surface area contributed by atoms with Crippen LogP contribution >= 0.6 is 0 Å². The zero-order valence-corrected chi connectivity index (χ0v) is 16.8. The molecule has 0 saturated carbocycles. The Hall–Kier alpha value is -3.42. The van der Waals surface area contributed by atoms with Gasteiger partial charge in [0.1, 0.15) is 5.82 Å². The van der Waals surface area contributed by atoms with Crippen LogP contribution in [0.5, 0.6) is 0 Å². The van der Waals surface area contributed by atoms with Gasteiger partial charge < -0.3 is 14.7 Å². The Bertz CT molecular complexity index is 1040. The maximum Gasteiger partial charge on any atom is 0.328 e. The summed E-state index contributed by atoms with van der Waals surface area (Å²) in [6.45, 7) is 3.53. The summed E-state index contributed by atoms with van der Waals surface area (Å²) < 4.78 is 13.2. The lowest BCUT2D eigenvalue weighted by atomic mass is 10.1. The molecule has 5 rings (SSSR count). The molecule has 3 aliphatic rings. The quantitative estimate of drug-likeness (QED) is 0.784. The SMILES string of the molecule is Cc1ccc(N2CCN3C2=NC2C3C(=O)N(Cc3ccc(F)cc3)C(=O)N2C)cc1. The van der Waals surface area contributed by atoms with E-state index < -0.39 is 18.2 Å². The van der Waals surface area contributed by atoms with Crippen LogP contribution in [-0.2, 0) is 11.3 Å². The molecule has 2 fully saturated rings. The monoisotopic (exact) mass is 407 g/mol. The van der Waals surface area contributed by atoms with E-state index in [1.807, 2.05) is 36.1 Å². The van der Waals surface area contributed by atoms with Gasteiger partial charge in [0, 0.05) is 25.8 Å². The number of likely N-dealkylation sites (N-methyl/N-ethyl adjacent to an activating group) is 1. The molecule has 3 aliphatic heterocycles. The fraction of sp³-hybridized carbons (Fsp3) is 0.318. The number of carbonyl (C=O) groups is 2. The highest BCUT2D eigenvalue weighted by molar-refractivity contribution is 6.07. The summed E-state index contributed by atoms with van der Waals surface area (Å²) in [5.41, 5.74) is 2.89. The van der Waals surface area contributed by atoms with Gasteiger partial charge in [-0.25, -0.2) is 14.2 Å². The summed E-state index contributed by atoms with van der Waals surface area (Å²) in [7, 11) is 1.67. The van der Waals surface area contributed by atoms with Crippen LogP contribution in [0.15, 0.2) is 53.5 Å². The number of carbonyl (C=O) groups excluding carboxylic acids is 2. The molecule has 3 amide bonds. The molecular formula is C22H22FN5O2. The van der Waals surface area contributed by atoms with Crippen LogP contribution in [-0.4, -0.2) is 64.9 Å². The second kappa shape index (κ2) is 6.83. The number of imide groups is 1. The van der Waals surface area contributed by atoms with Crippen molar-refractivity contribution in [3.05, 3.63) is 65.5 Å². The molecule has 0 spiro atoms. The van der Waals surface area contributed by atoms with Crippen molar-refractivity contribution in [3.63, 3.8) is 0 Å². The molecular weight excluding hydrogens is 385 g/mol. The molecule has 2 aromatic rings. The summed E-state index contributed by atoms with van der Waals surface area (Å²) in [5.74, 6) is 0.108. The van der Waals surface area contributed by atoms with Crippen LogP contribution in [0.4, 0.5) is 14.9 Å². The number of aryl methyl sites for hydroxylation is 1. The first-order valence-corrected chi connectivity index (χ1v) is 9.95. The fourth-order valence-electron chi connectivity index (χ4n) is 4.32. The summed E-state index contributed by atoms with van der Waals surface area (Å²) in [5, 5.41) is 0. The Morgan fingerprint density at radius 2 is 1.73 bits per heavy atom. The minimum atomic E-state index is -0.544. The zero-order chi connectivity index (χ0) is 21.0. The second-order valence-corrected chi connectivity index (χ2v) is 7.91. The molecule has 154 valence electrons. The molecule has 0 bridgehead atoms. The predicted octanol–water partition coefficient (Wildman–Crippen LogP) is 2.41. The number of nitrogens with zero attached hydrogens (tertiary/aromatic N) is 5. The lowest BCUT2D eigenvalue weighted by Crippen LogP contribution is -2.64. The number of hydrogen-bond acceptors (Lipinski definition) is 5. The second-order valence-electron chi connectivity index (χ2n) is 7.91. The van der Waals surface area contributed by atoms with Gasteiger partial charge in [0.05, 0.1) is 6.54 Å². The Morgan fingerprint density at radius 1 is 1.03 bits per heavy atom. The molecule has 0 aliphatic carbocycles.